The average molecular weight is 307 g/mol. The molecule has 1 aromatic rings. The number of hydrogen-bond acceptors (Lipinski definition) is 4. The van der Waals surface area contributed by atoms with Crippen LogP contribution >= 0.6 is 0 Å². The van der Waals surface area contributed by atoms with E-state index in [4.69, 9.17) is 5.73 Å². The number of fused-ring (bicyclic) bond motifs is 1. The zero-order valence-electron chi connectivity index (χ0n) is 11.5. The highest BCUT2D eigenvalue weighted by molar-refractivity contribution is 7.90. The van der Waals surface area contributed by atoms with E-state index in [1.54, 1.807) is 24.3 Å². The molecule has 1 fully saturated rings. The molecule has 1 aliphatic carbocycles. The molecule has 21 heavy (non-hydrogen) atoms. The maximum absolute atomic E-state index is 12.0. The number of primary amides is 1. The van der Waals surface area contributed by atoms with Gasteiger partial charge in [-0.05, 0) is 37.8 Å². The molecule has 0 spiro atoms. The predicted molar refractivity (Wildman–Crippen MR) is 78.2 cm³/mol. The minimum Gasteiger partial charge on any atom is -0.369 e. The Morgan fingerprint density at radius 2 is 1.86 bits per heavy atom. The molecule has 112 valence electrons. The second kappa shape index (κ2) is 5.14. The summed E-state index contributed by atoms with van der Waals surface area (Å²) in [6.07, 6.45) is 2.93. The van der Waals surface area contributed by atoms with Gasteiger partial charge in [-0.25, -0.2) is 8.42 Å². The molecule has 0 atom stereocenters. The third-order valence-electron chi connectivity index (χ3n) is 4.07. The van der Waals surface area contributed by atoms with Crippen LogP contribution in [0.4, 0.5) is 0 Å². The molecule has 1 amide bonds. The smallest absolute Gasteiger partial charge is 0.263 e. The molecule has 0 saturated heterocycles. The number of carbonyl (C=O) groups is 1. The molecular weight excluding hydrogens is 290 g/mol. The summed E-state index contributed by atoms with van der Waals surface area (Å²) in [6.45, 7) is 0. The first-order valence-corrected chi connectivity index (χ1v) is 8.45. The number of benzene rings is 1. The highest BCUT2D eigenvalue weighted by atomic mass is 32.2. The fourth-order valence-corrected chi connectivity index (χ4v) is 4.14. The van der Waals surface area contributed by atoms with Gasteiger partial charge in [-0.2, -0.15) is 0 Å². The Hall–Kier alpha value is -1.89. The standard InChI is InChI=1S/C14H17N3O3S/c15-13(18)9-5-7-10(8-6-9)16-14-11-3-1-2-4-12(11)21(19,20)17-14/h1-4,9-10H,5-8H2,(H2,15,18)(H,16,17). The summed E-state index contributed by atoms with van der Waals surface area (Å²) in [6, 6.07) is 6.84. The van der Waals surface area contributed by atoms with Crippen LogP contribution < -0.4 is 10.5 Å². The highest BCUT2D eigenvalue weighted by Crippen LogP contribution is 2.28. The van der Waals surface area contributed by atoms with Gasteiger partial charge in [0, 0.05) is 11.5 Å². The van der Waals surface area contributed by atoms with Gasteiger partial charge >= 0.3 is 0 Å². The Labute approximate surface area is 123 Å². The van der Waals surface area contributed by atoms with Crippen LogP contribution in [0, 0.1) is 5.92 Å². The largest absolute Gasteiger partial charge is 0.369 e. The van der Waals surface area contributed by atoms with Crippen molar-refractivity contribution < 1.29 is 13.2 Å². The number of hydrogen-bond donors (Lipinski definition) is 2. The van der Waals surface area contributed by atoms with Gasteiger partial charge in [0.05, 0.1) is 10.9 Å². The van der Waals surface area contributed by atoms with Crippen LogP contribution in [0.5, 0.6) is 0 Å². The van der Waals surface area contributed by atoms with Crippen LogP contribution in [0.2, 0.25) is 0 Å². The topological polar surface area (TPSA) is 102 Å². The van der Waals surface area contributed by atoms with Crippen molar-refractivity contribution in [3.05, 3.63) is 29.8 Å². The van der Waals surface area contributed by atoms with Crippen molar-refractivity contribution in [2.24, 2.45) is 16.6 Å². The summed E-state index contributed by atoms with van der Waals surface area (Å²) >= 11 is 0. The number of aliphatic imine (C=N–C) groups is 1. The molecule has 3 N–H and O–H groups in total. The van der Waals surface area contributed by atoms with E-state index in [9.17, 15) is 13.2 Å². The number of rotatable bonds is 2. The van der Waals surface area contributed by atoms with Crippen molar-refractivity contribution in [1.29, 1.82) is 0 Å². The average Bonchev–Trinajstić information content (AvgIpc) is 2.71. The molecule has 0 radical (unpaired) electrons. The number of carbonyl (C=O) groups excluding carboxylic acids is 1. The first kappa shape index (κ1) is 14.1. The van der Waals surface area contributed by atoms with Crippen LogP contribution in [0.3, 0.4) is 0 Å². The van der Waals surface area contributed by atoms with Crippen molar-refractivity contribution >= 4 is 21.8 Å². The maximum atomic E-state index is 12.0. The van der Waals surface area contributed by atoms with E-state index >= 15 is 0 Å². The van der Waals surface area contributed by atoms with Gasteiger partial charge in [0.25, 0.3) is 10.0 Å². The Bertz CT molecular complexity index is 704. The van der Waals surface area contributed by atoms with Crippen molar-refractivity contribution in [3.63, 3.8) is 0 Å². The Kier molecular flexibility index (Phi) is 3.44. The van der Waals surface area contributed by atoms with Gasteiger partial charge < -0.3 is 5.73 Å². The summed E-state index contributed by atoms with van der Waals surface area (Å²) in [5.74, 6) is 0.0788. The summed E-state index contributed by atoms with van der Waals surface area (Å²) in [5.41, 5.74) is 5.93. The molecule has 1 saturated carbocycles. The summed E-state index contributed by atoms with van der Waals surface area (Å²) < 4.78 is 26.5. The number of nitrogens with one attached hydrogen (secondary N) is 1. The number of nitrogens with two attached hydrogens (primary N) is 1. The Balaban J connectivity index is 1.82. The molecule has 1 aliphatic heterocycles. The van der Waals surface area contributed by atoms with E-state index in [-0.39, 0.29) is 22.8 Å². The monoisotopic (exact) mass is 307 g/mol. The predicted octanol–water partition coefficient (Wildman–Crippen LogP) is 0.769. The van der Waals surface area contributed by atoms with Gasteiger partial charge in [-0.1, -0.05) is 12.1 Å². The van der Waals surface area contributed by atoms with E-state index < -0.39 is 10.0 Å². The van der Waals surface area contributed by atoms with Crippen LogP contribution in [-0.4, -0.2) is 26.2 Å². The van der Waals surface area contributed by atoms with E-state index in [1.165, 1.54) is 0 Å². The molecule has 0 unspecified atom stereocenters. The molecule has 1 heterocycles. The van der Waals surface area contributed by atoms with Crippen LogP contribution in [0.15, 0.2) is 34.2 Å². The second-order valence-electron chi connectivity index (χ2n) is 5.49. The second-order valence-corrected chi connectivity index (χ2v) is 7.14. The zero-order chi connectivity index (χ0) is 15.0. The van der Waals surface area contributed by atoms with E-state index in [1.807, 2.05) is 0 Å². The normalized spacial score (nSPS) is 28.9. The lowest BCUT2D eigenvalue weighted by Gasteiger charge is -2.24. The van der Waals surface area contributed by atoms with Crippen LogP contribution in [0.25, 0.3) is 0 Å². The maximum Gasteiger partial charge on any atom is 0.263 e. The first-order valence-electron chi connectivity index (χ1n) is 6.97. The third kappa shape index (κ3) is 2.65. The van der Waals surface area contributed by atoms with E-state index in [0.29, 0.717) is 24.2 Å². The van der Waals surface area contributed by atoms with Gasteiger partial charge in [0.1, 0.15) is 5.84 Å². The number of nitrogens with zero attached hydrogens (tertiary/aromatic N) is 1. The zero-order valence-corrected chi connectivity index (χ0v) is 12.3. The number of amides is 1. The molecule has 6 nitrogen and oxygen atoms in total. The number of sulfonamides is 1. The Morgan fingerprint density at radius 3 is 2.52 bits per heavy atom. The quantitative estimate of drug-likeness (QED) is 0.843. The molecule has 0 aromatic heterocycles. The SMILES string of the molecule is NC(=O)C1CCC(N=C2NS(=O)(=O)c3ccccc32)CC1. The van der Waals surface area contributed by atoms with Gasteiger partial charge in [0.15, 0.2) is 0 Å². The van der Waals surface area contributed by atoms with Gasteiger partial charge in [0.2, 0.25) is 5.91 Å². The lowest BCUT2D eigenvalue weighted by molar-refractivity contribution is -0.122. The van der Waals surface area contributed by atoms with Crippen molar-refractivity contribution in [2.45, 2.75) is 36.6 Å². The number of amidine groups is 1. The molecular formula is C14H17N3O3S. The van der Waals surface area contributed by atoms with Crippen molar-refractivity contribution in [2.75, 3.05) is 0 Å². The van der Waals surface area contributed by atoms with E-state index in [2.05, 4.69) is 9.71 Å². The third-order valence-corrected chi connectivity index (χ3v) is 5.47. The van der Waals surface area contributed by atoms with Gasteiger partial charge in [-0.15, -0.1) is 0 Å². The van der Waals surface area contributed by atoms with Crippen molar-refractivity contribution in [1.82, 2.24) is 4.72 Å². The Morgan fingerprint density at radius 1 is 1.19 bits per heavy atom. The molecule has 7 heteroatoms. The lowest BCUT2D eigenvalue weighted by Crippen LogP contribution is -2.30. The first-order chi connectivity index (χ1) is 9.97. The fourth-order valence-electron chi connectivity index (χ4n) is 2.90. The van der Waals surface area contributed by atoms with Crippen molar-refractivity contribution in [3.8, 4) is 0 Å². The molecule has 0 bridgehead atoms. The van der Waals surface area contributed by atoms with E-state index in [0.717, 1.165) is 12.8 Å². The van der Waals surface area contributed by atoms with Crippen LogP contribution in [0.1, 0.15) is 31.2 Å². The summed E-state index contributed by atoms with van der Waals surface area (Å²) in [7, 11) is -3.48. The highest BCUT2D eigenvalue weighted by Gasteiger charge is 2.32. The summed E-state index contributed by atoms with van der Waals surface area (Å²) in [5, 5.41) is 0. The molecule has 3 rings (SSSR count). The summed E-state index contributed by atoms with van der Waals surface area (Å²) in [4.78, 5) is 16.0. The molecule has 1 aromatic carbocycles. The minimum absolute atomic E-state index is 0.0319. The van der Waals surface area contributed by atoms with Gasteiger partial charge in [-0.3, -0.25) is 14.5 Å². The lowest BCUT2D eigenvalue weighted by atomic mass is 9.86. The fraction of sp³-hybridized carbons (Fsp3) is 0.429. The molecule has 2 aliphatic rings. The minimum atomic E-state index is -3.48. The van der Waals surface area contributed by atoms with Crippen LogP contribution in [-0.2, 0) is 14.8 Å².